The van der Waals surface area contributed by atoms with Gasteiger partial charge in [-0.05, 0) is 61.4 Å². The topological polar surface area (TPSA) is 63.9 Å². The van der Waals surface area contributed by atoms with E-state index in [2.05, 4.69) is 0 Å². The number of aryl methyl sites for hydroxylation is 2. The molecular formula is C28H23N3O3S3. The van der Waals surface area contributed by atoms with Gasteiger partial charge in [-0.1, -0.05) is 71.6 Å². The lowest BCUT2D eigenvalue weighted by Crippen LogP contribution is -2.27. The number of amides is 1. The maximum Gasteiger partial charge on any atom is 0.266 e. The lowest BCUT2D eigenvalue weighted by atomic mass is 10.2. The molecule has 0 spiro atoms. The van der Waals surface area contributed by atoms with Crippen molar-refractivity contribution in [3.05, 3.63) is 104 Å². The molecule has 37 heavy (non-hydrogen) atoms. The van der Waals surface area contributed by atoms with Crippen LogP contribution >= 0.6 is 35.7 Å². The van der Waals surface area contributed by atoms with Crippen LogP contribution in [0.15, 0.2) is 86.5 Å². The minimum atomic E-state index is -0.233. The lowest BCUT2D eigenvalue weighted by molar-refractivity contribution is -0.122. The van der Waals surface area contributed by atoms with Crippen molar-refractivity contribution in [2.45, 2.75) is 30.3 Å². The minimum Gasteiger partial charge on any atom is -0.497 e. The quantitative estimate of drug-likeness (QED) is 0.171. The van der Waals surface area contributed by atoms with E-state index in [0.717, 1.165) is 27.3 Å². The predicted octanol–water partition coefficient (Wildman–Crippen LogP) is 5.87. The van der Waals surface area contributed by atoms with Crippen LogP contribution in [0.1, 0.15) is 22.3 Å². The number of carbonyl (C=O) groups excluding carboxylic acids is 1. The maximum atomic E-state index is 13.6. The summed E-state index contributed by atoms with van der Waals surface area (Å²) < 4.78 is 7.19. The average Bonchev–Trinajstić information content (AvgIpc) is 3.16. The van der Waals surface area contributed by atoms with Crippen LogP contribution in [0.3, 0.4) is 0 Å². The second-order valence-corrected chi connectivity index (χ2v) is 11.3. The second kappa shape index (κ2) is 10.5. The molecule has 1 aliphatic heterocycles. The van der Waals surface area contributed by atoms with Gasteiger partial charge in [-0.15, -0.1) is 0 Å². The number of carbonyl (C=O) groups is 1. The maximum absolute atomic E-state index is 13.6. The number of benzene rings is 2. The first-order chi connectivity index (χ1) is 17.8. The first kappa shape index (κ1) is 25.3. The molecule has 186 valence electrons. The number of aromatic nitrogens is 2. The van der Waals surface area contributed by atoms with Gasteiger partial charge in [0.25, 0.3) is 11.5 Å². The Labute approximate surface area is 228 Å². The van der Waals surface area contributed by atoms with Gasteiger partial charge in [0.1, 0.15) is 20.7 Å². The van der Waals surface area contributed by atoms with Crippen LogP contribution in [0, 0.1) is 13.8 Å². The SMILES string of the molecule is COc1ccc(CN2C(=O)/C(=C\c3c(Sc4ccc(C)cc4)nc4ccc(C)cn4c3=O)SC2=S)cc1. The number of hydrogen-bond acceptors (Lipinski definition) is 7. The van der Waals surface area contributed by atoms with Crippen molar-refractivity contribution in [1.29, 1.82) is 0 Å². The molecule has 0 radical (unpaired) electrons. The Morgan fingerprint density at radius 1 is 1.00 bits per heavy atom. The van der Waals surface area contributed by atoms with Crippen LogP contribution in [0.2, 0.25) is 0 Å². The molecular weight excluding hydrogens is 523 g/mol. The van der Waals surface area contributed by atoms with Gasteiger partial charge >= 0.3 is 0 Å². The summed E-state index contributed by atoms with van der Waals surface area (Å²) in [7, 11) is 1.61. The Morgan fingerprint density at radius 3 is 2.41 bits per heavy atom. The second-order valence-electron chi connectivity index (χ2n) is 8.60. The molecule has 1 amide bonds. The van der Waals surface area contributed by atoms with Crippen LogP contribution in [0.25, 0.3) is 11.7 Å². The summed E-state index contributed by atoms with van der Waals surface area (Å²) in [6.07, 6.45) is 3.39. The van der Waals surface area contributed by atoms with Crippen LogP contribution in [-0.4, -0.2) is 31.6 Å². The molecule has 0 unspecified atom stereocenters. The molecule has 1 saturated heterocycles. The molecule has 1 fully saturated rings. The number of pyridine rings is 1. The molecule has 0 bridgehead atoms. The molecule has 5 rings (SSSR count). The third-order valence-electron chi connectivity index (χ3n) is 5.85. The molecule has 2 aromatic heterocycles. The molecule has 3 heterocycles. The normalized spacial score (nSPS) is 14.7. The molecule has 4 aromatic rings. The Balaban J connectivity index is 1.54. The van der Waals surface area contributed by atoms with E-state index in [4.69, 9.17) is 21.9 Å². The molecule has 0 atom stereocenters. The molecule has 2 aromatic carbocycles. The van der Waals surface area contributed by atoms with Gasteiger partial charge < -0.3 is 4.74 Å². The number of rotatable bonds is 6. The van der Waals surface area contributed by atoms with Gasteiger partial charge in [-0.25, -0.2) is 4.98 Å². The highest BCUT2D eigenvalue weighted by Crippen LogP contribution is 2.36. The average molecular weight is 546 g/mol. The largest absolute Gasteiger partial charge is 0.497 e. The van der Waals surface area contributed by atoms with Crippen molar-refractivity contribution >= 4 is 57.7 Å². The monoisotopic (exact) mass is 545 g/mol. The van der Waals surface area contributed by atoms with Crippen molar-refractivity contribution in [1.82, 2.24) is 14.3 Å². The standard InChI is InChI=1S/C28H23N3O3S3/c1-17-4-11-21(12-5-17)36-25-22(26(32)30-15-18(2)6-13-24(30)29-25)14-23-27(33)31(28(35)37-23)16-19-7-9-20(34-3)10-8-19/h4-15H,16H2,1-3H3/b23-14+. The smallest absolute Gasteiger partial charge is 0.266 e. The summed E-state index contributed by atoms with van der Waals surface area (Å²) in [4.78, 5) is 34.7. The van der Waals surface area contributed by atoms with E-state index in [1.165, 1.54) is 27.9 Å². The first-order valence-corrected chi connectivity index (χ1v) is 13.5. The predicted molar refractivity (Wildman–Crippen MR) is 153 cm³/mol. The van der Waals surface area contributed by atoms with Gasteiger partial charge in [0.05, 0.1) is 24.1 Å². The van der Waals surface area contributed by atoms with E-state index in [1.54, 1.807) is 24.3 Å². The Morgan fingerprint density at radius 2 is 1.70 bits per heavy atom. The van der Waals surface area contributed by atoms with E-state index in [1.807, 2.05) is 74.5 Å². The Hall–Kier alpha value is -3.40. The number of ether oxygens (including phenoxy) is 1. The number of thioether (sulfide) groups is 1. The number of methoxy groups -OCH3 is 1. The fraction of sp³-hybridized carbons (Fsp3) is 0.143. The van der Waals surface area contributed by atoms with Crippen LogP contribution < -0.4 is 10.3 Å². The van der Waals surface area contributed by atoms with Crippen molar-refractivity contribution < 1.29 is 9.53 Å². The molecule has 0 saturated carbocycles. The summed E-state index contributed by atoms with van der Waals surface area (Å²) in [6, 6.07) is 19.3. The molecule has 0 aliphatic carbocycles. The van der Waals surface area contributed by atoms with Gasteiger partial charge in [0, 0.05) is 11.1 Å². The van der Waals surface area contributed by atoms with Crippen LogP contribution in [-0.2, 0) is 11.3 Å². The third kappa shape index (κ3) is 5.34. The van der Waals surface area contributed by atoms with Gasteiger partial charge in [-0.2, -0.15) is 0 Å². The van der Waals surface area contributed by atoms with Crippen molar-refractivity contribution in [2.75, 3.05) is 7.11 Å². The highest BCUT2D eigenvalue weighted by atomic mass is 32.2. The fourth-order valence-corrected chi connectivity index (χ4v) is 5.97. The molecule has 9 heteroatoms. The zero-order valence-electron chi connectivity index (χ0n) is 20.4. The van der Waals surface area contributed by atoms with E-state index >= 15 is 0 Å². The zero-order valence-corrected chi connectivity index (χ0v) is 22.9. The highest BCUT2D eigenvalue weighted by molar-refractivity contribution is 8.26. The summed E-state index contributed by atoms with van der Waals surface area (Å²) >= 11 is 8.13. The van der Waals surface area contributed by atoms with Crippen LogP contribution in [0.4, 0.5) is 0 Å². The van der Waals surface area contributed by atoms with Gasteiger partial charge in [0.2, 0.25) is 0 Å². The number of hydrogen-bond donors (Lipinski definition) is 0. The first-order valence-electron chi connectivity index (χ1n) is 11.5. The molecule has 6 nitrogen and oxygen atoms in total. The number of thiocarbonyl (C=S) groups is 1. The van der Waals surface area contributed by atoms with Gasteiger partial charge in [-0.3, -0.25) is 18.9 Å². The summed E-state index contributed by atoms with van der Waals surface area (Å²) in [5.74, 6) is 0.512. The van der Waals surface area contributed by atoms with Gasteiger partial charge in [0.15, 0.2) is 0 Å². The molecule has 0 N–H and O–H groups in total. The molecule has 1 aliphatic rings. The summed E-state index contributed by atoms with van der Waals surface area (Å²) in [6.45, 7) is 4.28. The van der Waals surface area contributed by atoms with Crippen molar-refractivity contribution in [3.63, 3.8) is 0 Å². The van der Waals surface area contributed by atoms with E-state index in [9.17, 15) is 9.59 Å². The van der Waals surface area contributed by atoms with Crippen molar-refractivity contribution in [2.24, 2.45) is 0 Å². The highest BCUT2D eigenvalue weighted by Gasteiger charge is 2.32. The fourth-order valence-electron chi connectivity index (χ4n) is 3.84. The van der Waals surface area contributed by atoms with E-state index in [-0.39, 0.29) is 11.5 Å². The Kier molecular flexibility index (Phi) is 7.19. The Bertz CT molecular complexity index is 1610. The van der Waals surface area contributed by atoms with E-state index < -0.39 is 0 Å². The summed E-state index contributed by atoms with van der Waals surface area (Å²) in [5, 5.41) is 0.540. The lowest BCUT2D eigenvalue weighted by Gasteiger charge is -2.14. The van der Waals surface area contributed by atoms with Crippen molar-refractivity contribution in [3.8, 4) is 5.75 Å². The third-order valence-corrected chi connectivity index (χ3v) is 8.25. The number of nitrogens with zero attached hydrogens (tertiary/aromatic N) is 3. The summed E-state index contributed by atoms with van der Waals surface area (Å²) in [5.41, 5.74) is 3.69. The zero-order chi connectivity index (χ0) is 26.1. The minimum absolute atomic E-state index is 0.231. The number of fused-ring (bicyclic) bond motifs is 1. The van der Waals surface area contributed by atoms with E-state index in [0.29, 0.717) is 32.0 Å². The van der Waals surface area contributed by atoms with Crippen LogP contribution in [0.5, 0.6) is 5.75 Å².